The molecule has 0 bridgehead atoms. The van der Waals surface area contributed by atoms with Crippen molar-refractivity contribution < 1.29 is 4.79 Å². The minimum Gasteiger partial charge on any atom is -0.303 e. The lowest BCUT2D eigenvalue weighted by molar-refractivity contribution is -0.108. The molecule has 0 aliphatic carbocycles. The summed E-state index contributed by atoms with van der Waals surface area (Å²) in [5.41, 5.74) is 1.38. The van der Waals surface area contributed by atoms with Crippen LogP contribution >= 0.6 is 0 Å². The molecule has 1 heteroatoms. The van der Waals surface area contributed by atoms with Gasteiger partial charge in [0, 0.05) is 6.42 Å². The second-order valence-corrected chi connectivity index (χ2v) is 4.62. The number of hydrogen-bond donors (Lipinski definition) is 0. The second kappa shape index (κ2) is 9.95. The van der Waals surface area contributed by atoms with E-state index in [2.05, 4.69) is 26.8 Å². The average Bonchev–Trinajstić information content (AvgIpc) is 2.17. The Kier molecular flexibility index (Phi) is 9.55. The van der Waals surface area contributed by atoms with Crippen molar-refractivity contribution in [2.45, 2.75) is 65.7 Å². The molecule has 0 saturated carbocycles. The monoisotopic (exact) mass is 210 g/mol. The van der Waals surface area contributed by atoms with Crippen LogP contribution in [0, 0.1) is 5.92 Å². The lowest BCUT2D eigenvalue weighted by Gasteiger charge is -2.12. The number of carbonyl (C=O) groups is 1. The van der Waals surface area contributed by atoms with Crippen LogP contribution in [0.1, 0.15) is 65.7 Å². The number of allylic oxidation sites excluding steroid dienone is 2. The van der Waals surface area contributed by atoms with Crippen LogP contribution in [-0.2, 0) is 4.79 Å². The fraction of sp³-hybridized carbons (Fsp3) is 0.786. The van der Waals surface area contributed by atoms with Crippen molar-refractivity contribution in [2.75, 3.05) is 0 Å². The molecule has 0 aromatic heterocycles. The summed E-state index contributed by atoms with van der Waals surface area (Å²) < 4.78 is 0. The summed E-state index contributed by atoms with van der Waals surface area (Å²) >= 11 is 0. The summed E-state index contributed by atoms with van der Waals surface area (Å²) in [5, 5.41) is 0. The van der Waals surface area contributed by atoms with Gasteiger partial charge in [-0.15, -0.1) is 0 Å². The molecule has 0 saturated heterocycles. The maximum absolute atomic E-state index is 10.5. The highest BCUT2D eigenvalue weighted by molar-refractivity contribution is 5.49. The normalized spacial score (nSPS) is 12.2. The van der Waals surface area contributed by atoms with Gasteiger partial charge in [0.05, 0.1) is 0 Å². The fourth-order valence-corrected chi connectivity index (χ4v) is 1.81. The van der Waals surface area contributed by atoms with Gasteiger partial charge in [-0.3, -0.25) is 0 Å². The van der Waals surface area contributed by atoms with Crippen LogP contribution in [0.2, 0.25) is 0 Å². The molecule has 0 heterocycles. The van der Waals surface area contributed by atoms with Gasteiger partial charge in [0.15, 0.2) is 0 Å². The lowest BCUT2D eigenvalue weighted by atomic mass is 9.93. The minimum absolute atomic E-state index is 0.615. The van der Waals surface area contributed by atoms with Crippen LogP contribution in [0.4, 0.5) is 0 Å². The van der Waals surface area contributed by atoms with Crippen molar-refractivity contribution in [1.82, 2.24) is 0 Å². The van der Waals surface area contributed by atoms with Gasteiger partial charge in [-0.1, -0.05) is 44.3 Å². The van der Waals surface area contributed by atoms with Gasteiger partial charge in [-0.2, -0.15) is 0 Å². The third-order valence-corrected chi connectivity index (χ3v) is 2.77. The maximum atomic E-state index is 10.5. The van der Waals surface area contributed by atoms with Crippen LogP contribution in [0.3, 0.4) is 0 Å². The third-order valence-electron chi connectivity index (χ3n) is 2.77. The summed E-state index contributed by atoms with van der Waals surface area (Å²) in [5.74, 6) is 0.615. The Balaban J connectivity index is 3.72. The molecule has 0 rings (SSSR count). The molecule has 0 aromatic rings. The van der Waals surface area contributed by atoms with E-state index in [1.54, 1.807) is 0 Å². The molecule has 1 unspecified atom stereocenters. The van der Waals surface area contributed by atoms with E-state index in [4.69, 9.17) is 0 Å². The molecular weight excluding hydrogens is 184 g/mol. The maximum Gasteiger partial charge on any atom is 0.120 e. The fourth-order valence-electron chi connectivity index (χ4n) is 1.81. The zero-order chi connectivity index (χ0) is 11.5. The van der Waals surface area contributed by atoms with E-state index in [-0.39, 0.29) is 0 Å². The van der Waals surface area contributed by atoms with Gasteiger partial charge >= 0.3 is 0 Å². The summed E-state index contributed by atoms with van der Waals surface area (Å²) in [4.78, 5) is 10.5. The topological polar surface area (TPSA) is 17.1 Å². The quantitative estimate of drug-likeness (QED) is 0.311. The number of carbonyl (C=O) groups excluding carboxylic acids is 1. The zero-order valence-corrected chi connectivity index (χ0v) is 10.6. The summed E-state index contributed by atoms with van der Waals surface area (Å²) in [6.07, 6.45) is 11.5. The van der Waals surface area contributed by atoms with Gasteiger partial charge in [-0.25, -0.2) is 0 Å². The summed E-state index contributed by atoms with van der Waals surface area (Å²) in [6.45, 7) is 6.48. The van der Waals surface area contributed by atoms with E-state index >= 15 is 0 Å². The lowest BCUT2D eigenvalue weighted by Crippen LogP contribution is -2.01. The van der Waals surface area contributed by atoms with Crippen LogP contribution in [0.5, 0.6) is 0 Å². The number of unbranched alkanes of at least 4 members (excludes halogenated alkanes) is 2. The number of hydrogen-bond acceptors (Lipinski definition) is 1. The largest absolute Gasteiger partial charge is 0.303 e. The van der Waals surface area contributed by atoms with Crippen LogP contribution in [-0.4, -0.2) is 6.29 Å². The van der Waals surface area contributed by atoms with E-state index in [9.17, 15) is 4.79 Å². The molecule has 1 atom stereocenters. The molecule has 0 aliphatic heterocycles. The van der Waals surface area contributed by atoms with E-state index in [1.807, 2.05) is 0 Å². The highest BCUT2D eigenvalue weighted by atomic mass is 16.1. The van der Waals surface area contributed by atoms with Crippen molar-refractivity contribution in [3.63, 3.8) is 0 Å². The van der Waals surface area contributed by atoms with Gasteiger partial charge < -0.3 is 4.79 Å². The molecule has 1 nitrogen and oxygen atoms in total. The molecule has 0 aromatic carbocycles. The van der Waals surface area contributed by atoms with Gasteiger partial charge in [-0.05, 0) is 32.6 Å². The first-order valence-electron chi connectivity index (χ1n) is 6.27. The molecular formula is C14H26O. The smallest absolute Gasteiger partial charge is 0.120 e. The standard InChI is InChI=1S/C14H26O/c1-4-5-6-9-14(11-12-15)10-7-8-13(2)3/h8,12,14H,4-7,9-11H2,1-3H3. The Morgan fingerprint density at radius 2 is 1.93 bits per heavy atom. The van der Waals surface area contributed by atoms with Gasteiger partial charge in [0.25, 0.3) is 0 Å². The second-order valence-electron chi connectivity index (χ2n) is 4.62. The highest BCUT2D eigenvalue weighted by Gasteiger charge is 2.06. The van der Waals surface area contributed by atoms with Crippen molar-refractivity contribution in [3.8, 4) is 0 Å². The van der Waals surface area contributed by atoms with Gasteiger partial charge in [0.1, 0.15) is 6.29 Å². The van der Waals surface area contributed by atoms with Crippen LogP contribution < -0.4 is 0 Å². The average molecular weight is 210 g/mol. The molecule has 0 fully saturated rings. The third kappa shape index (κ3) is 9.71. The predicted molar refractivity (Wildman–Crippen MR) is 67.0 cm³/mol. The number of aldehydes is 1. The van der Waals surface area contributed by atoms with E-state index in [0.717, 1.165) is 19.1 Å². The van der Waals surface area contributed by atoms with Crippen molar-refractivity contribution in [1.29, 1.82) is 0 Å². The van der Waals surface area contributed by atoms with Crippen molar-refractivity contribution in [2.24, 2.45) is 5.92 Å². The minimum atomic E-state index is 0.615. The van der Waals surface area contributed by atoms with Gasteiger partial charge in [0.2, 0.25) is 0 Å². The highest BCUT2D eigenvalue weighted by Crippen LogP contribution is 2.19. The molecule has 0 N–H and O–H groups in total. The predicted octanol–water partition coefficient (Wildman–Crippen LogP) is 4.52. The molecule has 15 heavy (non-hydrogen) atoms. The first-order chi connectivity index (χ1) is 7.20. The first-order valence-corrected chi connectivity index (χ1v) is 6.27. The Labute approximate surface area is 95.0 Å². The van der Waals surface area contributed by atoms with E-state index < -0.39 is 0 Å². The Morgan fingerprint density at radius 3 is 2.47 bits per heavy atom. The molecule has 88 valence electrons. The SMILES string of the molecule is CCCCCC(CC=O)CCC=C(C)C. The van der Waals surface area contributed by atoms with E-state index in [1.165, 1.54) is 37.7 Å². The number of rotatable bonds is 9. The summed E-state index contributed by atoms with van der Waals surface area (Å²) in [6, 6.07) is 0. The molecule has 0 aliphatic rings. The summed E-state index contributed by atoms with van der Waals surface area (Å²) in [7, 11) is 0. The van der Waals surface area contributed by atoms with Crippen LogP contribution in [0.25, 0.3) is 0 Å². The van der Waals surface area contributed by atoms with E-state index in [0.29, 0.717) is 5.92 Å². The Bertz CT molecular complexity index is 178. The van der Waals surface area contributed by atoms with Crippen molar-refractivity contribution >= 4 is 6.29 Å². The Hall–Kier alpha value is -0.590. The molecule has 0 radical (unpaired) electrons. The first kappa shape index (κ1) is 14.4. The van der Waals surface area contributed by atoms with Crippen LogP contribution in [0.15, 0.2) is 11.6 Å². The molecule has 0 amide bonds. The van der Waals surface area contributed by atoms with Crippen molar-refractivity contribution in [3.05, 3.63) is 11.6 Å². The Morgan fingerprint density at radius 1 is 1.20 bits per heavy atom. The zero-order valence-electron chi connectivity index (χ0n) is 10.6. The molecule has 0 spiro atoms.